The summed E-state index contributed by atoms with van der Waals surface area (Å²) in [5.41, 5.74) is 2.25. The summed E-state index contributed by atoms with van der Waals surface area (Å²) in [5, 5.41) is 3.54. The smallest absolute Gasteiger partial charge is 0.229 e. The highest BCUT2D eigenvalue weighted by atomic mass is 16.3. The van der Waals surface area contributed by atoms with Crippen LogP contribution >= 0.6 is 0 Å². The van der Waals surface area contributed by atoms with Gasteiger partial charge in [0.2, 0.25) is 11.8 Å². The van der Waals surface area contributed by atoms with Crippen LogP contribution < -0.4 is 5.32 Å². The van der Waals surface area contributed by atoms with Gasteiger partial charge in [0.15, 0.2) is 5.58 Å². The van der Waals surface area contributed by atoms with Crippen LogP contribution in [0.2, 0.25) is 0 Å². The van der Waals surface area contributed by atoms with Gasteiger partial charge in [-0.1, -0.05) is 6.07 Å². The number of rotatable bonds is 2. The maximum atomic E-state index is 11.3. The number of pyridine rings is 1. The van der Waals surface area contributed by atoms with Gasteiger partial charge in [-0.25, -0.2) is 4.98 Å². The van der Waals surface area contributed by atoms with Crippen molar-refractivity contribution in [2.45, 2.75) is 6.42 Å². The number of nitrogens with zero attached hydrogens (tertiary/aromatic N) is 2. The van der Waals surface area contributed by atoms with Crippen LogP contribution in [-0.2, 0) is 11.2 Å². The summed E-state index contributed by atoms with van der Waals surface area (Å²) in [5.74, 6) is 0.295. The van der Waals surface area contributed by atoms with E-state index in [-0.39, 0.29) is 12.3 Å². The topological polar surface area (TPSA) is 68.0 Å². The van der Waals surface area contributed by atoms with E-state index in [9.17, 15) is 4.79 Å². The first-order valence-corrected chi connectivity index (χ1v) is 5.61. The van der Waals surface area contributed by atoms with E-state index in [1.165, 1.54) is 0 Å². The number of nitrogens with one attached hydrogen (secondary N) is 1. The Balaban J connectivity index is 2.11. The lowest BCUT2D eigenvalue weighted by Gasteiger charge is -1.94. The largest absolute Gasteiger partial charge is 0.440 e. The van der Waals surface area contributed by atoms with Crippen LogP contribution in [0.25, 0.3) is 22.0 Å². The summed E-state index contributed by atoms with van der Waals surface area (Å²) in [6.07, 6.45) is 1.88. The molecule has 0 atom stereocenters. The van der Waals surface area contributed by atoms with E-state index in [0.29, 0.717) is 11.5 Å². The zero-order valence-corrected chi connectivity index (χ0v) is 9.80. The van der Waals surface area contributed by atoms with Gasteiger partial charge in [0.05, 0.1) is 5.52 Å². The van der Waals surface area contributed by atoms with Crippen LogP contribution in [-0.4, -0.2) is 22.9 Å². The summed E-state index contributed by atoms with van der Waals surface area (Å²) in [6, 6.07) is 7.59. The summed E-state index contributed by atoms with van der Waals surface area (Å²) in [6.45, 7) is 0. The minimum atomic E-state index is -0.121. The number of benzene rings is 1. The molecule has 18 heavy (non-hydrogen) atoms. The lowest BCUT2D eigenvalue weighted by molar-refractivity contribution is -0.120. The van der Waals surface area contributed by atoms with Crippen molar-refractivity contribution < 1.29 is 9.21 Å². The van der Waals surface area contributed by atoms with Gasteiger partial charge in [-0.3, -0.25) is 9.78 Å². The predicted octanol–water partition coefficient (Wildman–Crippen LogP) is 1.66. The average Bonchev–Trinajstić information content (AvgIpc) is 2.76. The third-order valence-electron chi connectivity index (χ3n) is 2.75. The van der Waals surface area contributed by atoms with Gasteiger partial charge in [-0.15, -0.1) is 0 Å². The SMILES string of the molecule is CNC(=O)Cc1nc2cc3cccnc3cc2o1. The minimum absolute atomic E-state index is 0.121. The highest BCUT2D eigenvalue weighted by Crippen LogP contribution is 2.22. The molecule has 0 aliphatic carbocycles. The Labute approximate surface area is 103 Å². The molecule has 5 nitrogen and oxygen atoms in total. The van der Waals surface area contributed by atoms with E-state index in [0.717, 1.165) is 16.4 Å². The highest BCUT2D eigenvalue weighted by Gasteiger charge is 2.10. The van der Waals surface area contributed by atoms with Crippen LogP contribution in [0, 0.1) is 0 Å². The van der Waals surface area contributed by atoms with Crippen LogP contribution in [0.4, 0.5) is 0 Å². The second-order valence-electron chi connectivity index (χ2n) is 3.97. The Morgan fingerprint density at radius 2 is 2.28 bits per heavy atom. The van der Waals surface area contributed by atoms with E-state index in [1.807, 2.05) is 24.3 Å². The summed E-state index contributed by atoms with van der Waals surface area (Å²) in [4.78, 5) is 19.8. The van der Waals surface area contributed by atoms with E-state index in [2.05, 4.69) is 15.3 Å². The first-order chi connectivity index (χ1) is 8.76. The maximum Gasteiger partial charge on any atom is 0.229 e. The molecule has 2 aromatic heterocycles. The average molecular weight is 241 g/mol. The van der Waals surface area contributed by atoms with Crippen LogP contribution in [0.3, 0.4) is 0 Å². The number of carbonyl (C=O) groups excluding carboxylic acids is 1. The second kappa shape index (κ2) is 4.10. The van der Waals surface area contributed by atoms with Crippen molar-refractivity contribution in [1.29, 1.82) is 0 Å². The van der Waals surface area contributed by atoms with Gasteiger partial charge in [0, 0.05) is 24.7 Å². The fourth-order valence-electron chi connectivity index (χ4n) is 1.84. The molecular weight excluding hydrogens is 230 g/mol. The first kappa shape index (κ1) is 10.7. The molecule has 1 amide bonds. The number of carbonyl (C=O) groups is 1. The van der Waals surface area contributed by atoms with Crippen molar-refractivity contribution in [3.8, 4) is 0 Å². The monoisotopic (exact) mass is 241 g/mol. The Bertz CT molecular complexity index is 681. The van der Waals surface area contributed by atoms with Gasteiger partial charge >= 0.3 is 0 Å². The molecule has 3 rings (SSSR count). The molecule has 3 aromatic rings. The fourth-order valence-corrected chi connectivity index (χ4v) is 1.84. The van der Waals surface area contributed by atoms with Crippen LogP contribution in [0.15, 0.2) is 34.9 Å². The van der Waals surface area contributed by atoms with Crippen molar-refractivity contribution in [2.24, 2.45) is 0 Å². The molecule has 0 aliphatic heterocycles. The van der Waals surface area contributed by atoms with Crippen LogP contribution in [0.1, 0.15) is 5.89 Å². The third kappa shape index (κ3) is 1.79. The van der Waals surface area contributed by atoms with Crippen molar-refractivity contribution in [1.82, 2.24) is 15.3 Å². The molecule has 1 N–H and O–H groups in total. The van der Waals surface area contributed by atoms with Crippen molar-refractivity contribution >= 4 is 27.9 Å². The molecule has 0 unspecified atom stereocenters. The molecule has 2 heterocycles. The quantitative estimate of drug-likeness (QED) is 0.741. The molecule has 0 saturated carbocycles. The standard InChI is InChI=1S/C13H11N3O2/c1-14-12(17)7-13-16-10-5-8-3-2-4-15-9(8)6-11(10)18-13/h2-6H,7H2,1H3,(H,14,17). The number of hydrogen-bond acceptors (Lipinski definition) is 4. The van der Waals surface area contributed by atoms with Gasteiger partial charge < -0.3 is 9.73 Å². The molecule has 0 aliphatic rings. The number of hydrogen-bond donors (Lipinski definition) is 1. The highest BCUT2D eigenvalue weighted by molar-refractivity contribution is 5.92. The van der Waals surface area contributed by atoms with Gasteiger partial charge in [-0.05, 0) is 12.1 Å². The van der Waals surface area contributed by atoms with E-state index in [4.69, 9.17) is 4.42 Å². The number of oxazole rings is 1. The van der Waals surface area contributed by atoms with Crippen molar-refractivity contribution in [3.63, 3.8) is 0 Å². The molecule has 0 saturated heterocycles. The second-order valence-corrected chi connectivity index (χ2v) is 3.97. The number of likely N-dealkylation sites (N-methyl/N-ethyl adjacent to an activating group) is 1. The Morgan fingerprint density at radius 1 is 1.39 bits per heavy atom. The fraction of sp³-hybridized carbons (Fsp3) is 0.154. The number of amides is 1. The van der Waals surface area contributed by atoms with Crippen molar-refractivity contribution in [3.05, 3.63) is 36.4 Å². The molecule has 0 bridgehead atoms. The summed E-state index contributed by atoms with van der Waals surface area (Å²) < 4.78 is 5.54. The van der Waals surface area contributed by atoms with E-state index in [1.54, 1.807) is 13.2 Å². The zero-order chi connectivity index (χ0) is 12.5. The lowest BCUT2D eigenvalue weighted by atomic mass is 10.2. The maximum absolute atomic E-state index is 11.3. The van der Waals surface area contributed by atoms with Crippen molar-refractivity contribution in [2.75, 3.05) is 7.05 Å². The van der Waals surface area contributed by atoms with Gasteiger partial charge in [0.25, 0.3) is 0 Å². The third-order valence-corrected chi connectivity index (χ3v) is 2.75. The number of aromatic nitrogens is 2. The summed E-state index contributed by atoms with van der Waals surface area (Å²) in [7, 11) is 1.59. The lowest BCUT2D eigenvalue weighted by Crippen LogP contribution is -2.19. The minimum Gasteiger partial charge on any atom is -0.440 e. The Hall–Kier alpha value is -2.43. The predicted molar refractivity (Wildman–Crippen MR) is 67.1 cm³/mol. The van der Waals surface area contributed by atoms with E-state index < -0.39 is 0 Å². The van der Waals surface area contributed by atoms with Gasteiger partial charge in [0.1, 0.15) is 11.9 Å². The molecule has 0 spiro atoms. The first-order valence-electron chi connectivity index (χ1n) is 5.61. The molecule has 90 valence electrons. The molecule has 0 radical (unpaired) electrons. The molecule has 0 fully saturated rings. The molecule has 5 heteroatoms. The van der Waals surface area contributed by atoms with Gasteiger partial charge in [-0.2, -0.15) is 0 Å². The normalized spacial score (nSPS) is 10.9. The van der Waals surface area contributed by atoms with E-state index >= 15 is 0 Å². The van der Waals surface area contributed by atoms with Crippen LogP contribution in [0.5, 0.6) is 0 Å². The zero-order valence-electron chi connectivity index (χ0n) is 9.80. The molecular formula is C13H11N3O2. The molecule has 1 aromatic carbocycles. The number of fused-ring (bicyclic) bond motifs is 2. The summed E-state index contributed by atoms with van der Waals surface area (Å²) >= 11 is 0. The Kier molecular flexibility index (Phi) is 2.44. The Morgan fingerprint density at radius 3 is 3.11 bits per heavy atom.